The molecule has 0 radical (unpaired) electrons. The van der Waals surface area contributed by atoms with E-state index in [1.54, 1.807) is 13.0 Å². The second-order valence-electron chi connectivity index (χ2n) is 2.52. The Labute approximate surface area is 81.5 Å². The molecule has 0 unspecified atom stereocenters. The second-order valence-corrected chi connectivity index (χ2v) is 2.92. The Morgan fingerprint density at radius 2 is 2.15 bits per heavy atom. The smallest absolute Gasteiger partial charge is 0.176 e. The Balaban J connectivity index is 3.09. The molecule has 0 aromatic heterocycles. The van der Waals surface area contributed by atoms with Gasteiger partial charge in [-0.2, -0.15) is 0 Å². The van der Waals surface area contributed by atoms with Gasteiger partial charge >= 0.3 is 0 Å². The van der Waals surface area contributed by atoms with Gasteiger partial charge in [0.15, 0.2) is 11.5 Å². The highest BCUT2D eigenvalue weighted by molar-refractivity contribution is 6.32. The first-order valence-corrected chi connectivity index (χ1v) is 4.31. The normalized spacial score (nSPS) is 10.1. The molecule has 0 aliphatic heterocycles. The number of ether oxygens (including phenoxy) is 1. The van der Waals surface area contributed by atoms with Crippen molar-refractivity contribution < 1.29 is 14.9 Å². The average molecular weight is 203 g/mol. The molecule has 0 aliphatic rings. The van der Waals surface area contributed by atoms with Crippen molar-refractivity contribution in [3.8, 4) is 11.5 Å². The van der Waals surface area contributed by atoms with Crippen LogP contribution in [0.2, 0.25) is 5.02 Å². The van der Waals surface area contributed by atoms with Crippen molar-refractivity contribution in [1.82, 2.24) is 0 Å². The number of phenols is 1. The van der Waals surface area contributed by atoms with Gasteiger partial charge in [-0.1, -0.05) is 11.6 Å². The van der Waals surface area contributed by atoms with E-state index in [1.165, 1.54) is 6.07 Å². The van der Waals surface area contributed by atoms with E-state index in [2.05, 4.69) is 0 Å². The van der Waals surface area contributed by atoms with Gasteiger partial charge in [-0.25, -0.2) is 0 Å². The third-order valence-corrected chi connectivity index (χ3v) is 1.86. The van der Waals surface area contributed by atoms with E-state index < -0.39 is 0 Å². The number of benzene rings is 1. The van der Waals surface area contributed by atoms with Crippen LogP contribution in [0, 0.1) is 0 Å². The summed E-state index contributed by atoms with van der Waals surface area (Å²) in [4.78, 5) is 0. The van der Waals surface area contributed by atoms with E-state index in [-0.39, 0.29) is 17.4 Å². The predicted octanol–water partition coefficient (Wildman–Crippen LogP) is 1.94. The van der Waals surface area contributed by atoms with Crippen molar-refractivity contribution in [2.45, 2.75) is 13.5 Å². The topological polar surface area (TPSA) is 49.7 Å². The highest BCUT2D eigenvalue weighted by Gasteiger charge is 2.08. The van der Waals surface area contributed by atoms with E-state index in [0.717, 1.165) is 0 Å². The first kappa shape index (κ1) is 10.2. The molecule has 13 heavy (non-hydrogen) atoms. The molecule has 0 amide bonds. The summed E-state index contributed by atoms with van der Waals surface area (Å²) in [5.74, 6) is 0.222. The Hall–Kier alpha value is -0.930. The van der Waals surface area contributed by atoms with Gasteiger partial charge in [-0.05, 0) is 24.6 Å². The Morgan fingerprint density at radius 3 is 2.69 bits per heavy atom. The van der Waals surface area contributed by atoms with Crippen LogP contribution >= 0.6 is 11.6 Å². The van der Waals surface area contributed by atoms with Gasteiger partial charge in [-0.15, -0.1) is 0 Å². The lowest BCUT2D eigenvalue weighted by atomic mass is 10.2. The van der Waals surface area contributed by atoms with Crippen LogP contribution in [0.15, 0.2) is 12.1 Å². The number of rotatable bonds is 3. The molecule has 2 N–H and O–H groups in total. The zero-order chi connectivity index (χ0) is 9.84. The number of phenolic OH excluding ortho intramolecular Hbond substituents is 1. The zero-order valence-corrected chi connectivity index (χ0v) is 8.01. The van der Waals surface area contributed by atoms with Crippen LogP contribution in [-0.2, 0) is 6.61 Å². The lowest BCUT2D eigenvalue weighted by Gasteiger charge is -2.08. The van der Waals surface area contributed by atoms with Crippen molar-refractivity contribution in [1.29, 1.82) is 0 Å². The summed E-state index contributed by atoms with van der Waals surface area (Å²) < 4.78 is 5.11. The van der Waals surface area contributed by atoms with Crippen molar-refractivity contribution in [3.05, 3.63) is 22.7 Å². The highest BCUT2D eigenvalue weighted by Crippen LogP contribution is 2.35. The third kappa shape index (κ3) is 2.26. The first-order chi connectivity index (χ1) is 6.19. The van der Waals surface area contributed by atoms with E-state index in [1.807, 2.05) is 0 Å². The maximum absolute atomic E-state index is 9.41. The number of aliphatic hydroxyl groups excluding tert-OH is 1. The van der Waals surface area contributed by atoms with Crippen LogP contribution in [-0.4, -0.2) is 16.8 Å². The molecule has 0 fully saturated rings. The van der Waals surface area contributed by atoms with Crippen LogP contribution in [0.3, 0.4) is 0 Å². The molecule has 0 saturated heterocycles. The summed E-state index contributed by atoms with van der Waals surface area (Å²) in [5.41, 5.74) is 0.617. The molecule has 0 bridgehead atoms. The summed E-state index contributed by atoms with van der Waals surface area (Å²) in [6, 6.07) is 3.06. The number of hydrogen-bond donors (Lipinski definition) is 2. The van der Waals surface area contributed by atoms with Gasteiger partial charge in [0.25, 0.3) is 0 Å². The van der Waals surface area contributed by atoms with E-state index in [4.69, 9.17) is 21.4 Å². The van der Waals surface area contributed by atoms with Crippen LogP contribution in [0.25, 0.3) is 0 Å². The molecular weight excluding hydrogens is 192 g/mol. The zero-order valence-electron chi connectivity index (χ0n) is 7.25. The molecule has 72 valence electrons. The van der Waals surface area contributed by atoms with E-state index in [9.17, 15) is 5.11 Å². The Kier molecular flexibility index (Phi) is 3.39. The molecule has 0 aliphatic carbocycles. The van der Waals surface area contributed by atoms with Crippen molar-refractivity contribution in [2.24, 2.45) is 0 Å². The maximum Gasteiger partial charge on any atom is 0.176 e. The molecule has 0 spiro atoms. The summed E-state index contributed by atoms with van der Waals surface area (Å²) in [6.07, 6.45) is 0. The van der Waals surface area contributed by atoms with Crippen molar-refractivity contribution in [2.75, 3.05) is 6.61 Å². The quantitative estimate of drug-likeness (QED) is 0.788. The van der Waals surface area contributed by atoms with Gasteiger partial charge < -0.3 is 14.9 Å². The minimum absolute atomic E-state index is 0.0827. The van der Waals surface area contributed by atoms with E-state index >= 15 is 0 Å². The van der Waals surface area contributed by atoms with Gasteiger partial charge in [-0.3, -0.25) is 0 Å². The predicted molar refractivity (Wildman–Crippen MR) is 50.2 cm³/mol. The van der Waals surface area contributed by atoms with Gasteiger partial charge in [0.05, 0.1) is 18.2 Å². The molecular formula is C9H11ClO3. The van der Waals surface area contributed by atoms with Crippen molar-refractivity contribution >= 4 is 11.6 Å². The standard InChI is InChI=1S/C9H11ClO3/c1-2-13-8-4-6(5-11)3-7(10)9(8)12/h3-4,11-12H,2,5H2,1H3. The van der Waals surface area contributed by atoms with Gasteiger partial charge in [0.1, 0.15) is 0 Å². The van der Waals surface area contributed by atoms with E-state index in [0.29, 0.717) is 17.9 Å². The largest absolute Gasteiger partial charge is 0.503 e. The molecule has 0 saturated carbocycles. The van der Waals surface area contributed by atoms with Gasteiger partial charge in [0.2, 0.25) is 0 Å². The summed E-state index contributed by atoms with van der Waals surface area (Å²) in [5, 5.41) is 18.4. The Bertz CT molecular complexity index is 299. The van der Waals surface area contributed by atoms with Crippen molar-refractivity contribution in [3.63, 3.8) is 0 Å². The molecule has 3 nitrogen and oxygen atoms in total. The summed E-state index contributed by atoms with van der Waals surface area (Å²) >= 11 is 5.69. The molecule has 1 aromatic rings. The molecule has 1 aromatic carbocycles. The number of halogens is 1. The second kappa shape index (κ2) is 4.35. The fourth-order valence-electron chi connectivity index (χ4n) is 0.984. The SMILES string of the molecule is CCOc1cc(CO)cc(Cl)c1O. The lowest BCUT2D eigenvalue weighted by Crippen LogP contribution is -1.94. The van der Waals surface area contributed by atoms with Crippen LogP contribution in [0.4, 0.5) is 0 Å². The maximum atomic E-state index is 9.41. The summed E-state index contributed by atoms with van der Waals surface area (Å²) in [7, 11) is 0. The fourth-order valence-corrected chi connectivity index (χ4v) is 1.22. The third-order valence-electron chi connectivity index (χ3n) is 1.57. The summed E-state index contributed by atoms with van der Waals surface area (Å²) in [6.45, 7) is 2.12. The number of aliphatic hydroxyl groups is 1. The first-order valence-electron chi connectivity index (χ1n) is 3.94. The molecule has 1 rings (SSSR count). The van der Waals surface area contributed by atoms with Crippen LogP contribution in [0.1, 0.15) is 12.5 Å². The average Bonchev–Trinajstić information content (AvgIpc) is 2.13. The van der Waals surface area contributed by atoms with Crippen LogP contribution < -0.4 is 4.74 Å². The minimum Gasteiger partial charge on any atom is -0.503 e. The monoisotopic (exact) mass is 202 g/mol. The number of aromatic hydroxyl groups is 1. The number of hydrogen-bond acceptors (Lipinski definition) is 3. The molecule has 4 heteroatoms. The fraction of sp³-hybridized carbons (Fsp3) is 0.333. The minimum atomic E-state index is -0.125. The van der Waals surface area contributed by atoms with Gasteiger partial charge in [0, 0.05) is 0 Å². The van der Waals surface area contributed by atoms with Crippen LogP contribution in [0.5, 0.6) is 11.5 Å². The molecule has 0 heterocycles. The highest BCUT2D eigenvalue weighted by atomic mass is 35.5. The molecule has 0 atom stereocenters. The lowest BCUT2D eigenvalue weighted by molar-refractivity contribution is 0.278. The Morgan fingerprint density at radius 1 is 1.46 bits per heavy atom.